The van der Waals surface area contributed by atoms with Gasteiger partial charge in [0.1, 0.15) is 11.5 Å². The van der Waals surface area contributed by atoms with E-state index in [1.165, 1.54) is 18.9 Å². The van der Waals surface area contributed by atoms with Crippen molar-refractivity contribution in [2.24, 2.45) is 0 Å². The first-order chi connectivity index (χ1) is 12.9. The van der Waals surface area contributed by atoms with Gasteiger partial charge in [-0.25, -0.2) is 8.42 Å². The molecule has 2 heterocycles. The highest BCUT2D eigenvalue weighted by molar-refractivity contribution is 7.89. The molecule has 1 N–H and O–H groups in total. The van der Waals surface area contributed by atoms with Gasteiger partial charge in [-0.2, -0.15) is 0 Å². The van der Waals surface area contributed by atoms with Crippen LogP contribution >= 0.6 is 0 Å². The molecule has 7 heteroatoms. The van der Waals surface area contributed by atoms with Crippen LogP contribution in [0.5, 0.6) is 0 Å². The Hall–Kier alpha value is -2.12. The predicted octanol–water partition coefficient (Wildman–Crippen LogP) is 2.53. The van der Waals surface area contributed by atoms with E-state index in [4.69, 9.17) is 4.42 Å². The molecule has 6 nitrogen and oxygen atoms in total. The molecule has 27 heavy (non-hydrogen) atoms. The van der Waals surface area contributed by atoms with E-state index in [0.717, 1.165) is 30.8 Å². The third kappa shape index (κ3) is 5.94. The molecule has 0 atom stereocenters. The summed E-state index contributed by atoms with van der Waals surface area (Å²) >= 11 is 0. The molecule has 0 saturated carbocycles. The summed E-state index contributed by atoms with van der Waals surface area (Å²) in [6, 6.07) is 10.5. The Morgan fingerprint density at radius 2 is 1.93 bits per heavy atom. The topological polar surface area (TPSA) is 79.6 Å². The van der Waals surface area contributed by atoms with Gasteiger partial charge >= 0.3 is 0 Å². The maximum atomic E-state index is 12.4. The van der Waals surface area contributed by atoms with Crippen LogP contribution < -0.4 is 5.32 Å². The normalized spacial score (nSPS) is 15.1. The van der Waals surface area contributed by atoms with E-state index in [-0.39, 0.29) is 28.9 Å². The van der Waals surface area contributed by atoms with Gasteiger partial charge in [0.15, 0.2) is 15.6 Å². The standard InChI is InChI=1S/C20H26N2O4S/c1-16-5-4-6-17(13-16)14-27(24,25)15-18-7-8-19(26-18)20(23)21-9-12-22-10-2-3-11-22/h4-8,13H,2-3,9-12,14-15H2,1H3,(H,21,23). The average molecular weight is 391 g/mol. The van der Waals surface area contributed by atoms with Crippen LogP contribution in [-0.4, -0.2) is 45.4 Å². The lowest BCUT2D eigenvalue weighted by atomic mass is 10.2. The summed E-state index contributed by atoms with van der Waals surface area (Å²) in [6.07, 6.45) is 2.43. The smallest absolute Gasteiger partial charge is 0.287 e. The number of hydrogen-bond acceptors (Lipinski definition) is 5. The summed E-state index contributed by atoms with van der Waals surface area (Å²) in [5.41, 5.74) is 1.77. The number of furan rings is 1. The number of nitrogens with zero attached hydrogens (tertiary/aromatic N) is 1. The molecule has 0 bridgehead atoms. The molecular weight excluding hydrogens is 364 g/mol. The lowest BCUT2D eigenvalue weighted by molar-refractivity contribution is 0.0920. The SMILES string of the molecule is Cc1cccc(CS(=O)(=O)Cc2ccc(C(=O)NCCN3CCCC3)o2)c1. The third-order valence-electron chi connectivity index (χ3n) is 4.63. The van der Waals surface area contributed by atoms with E-state index in [1.54, 1.807) is 12.1 Å². The maximum absolute atomic E-state index is 12.4. The van der Waals surface area contributed by atoms with Gasteiger partial charge < -0.3 is 14.6 Å². The fourth-order valence-corrected chi connectivity index (χ4v) is 4.70. The molecule has 1 aliphatic rings. The Kier molecular flexibility index (Phi) is 6.34. The molecule has 146 valence electrons. The van der Waals surface area contributed by atoms with E-state index >= 15 is 0 Å². The van der Waals surface area contributed by atoms with Gasteiger partial charge in [0.25, 0.3) is 5.91 Å². The number of sulfone groups is 1. The Morgan fingerprint density at radius 1 is 1.15 bits per heavy atom. The van der Waals surface area contributed by atoms with Crippen LogP contribution in [0.15, 0.2) is 40.8 Å². The number of carbonyl (C=O) groups excluding carboxylic acids is 1. The zero-order valence-corrected chi connectivity index (χ0v) is 16.4. The zero-order chi connectivity index (χ0) is 19.3. The molecule has 1 aromatic carbocycles. The number of rotatable bonds is 8. The van der Waals surface area contributed by atoms with Crippen LogP contribution in [-0.2, 0) is 21.3 Å². The minimum absolute atomic E-state index is 0.0489. The minimum Gasteiger partial charge on any atom is -0.455 e. The van der Waals surface area contributed by atoms with Gasteiger partial charge in [-0.3, -0.25) is 4.79 Å². The molecule has 1 aliphatic heterocycles. The largest absolute Gasteiger partial charge is 0.455 e. The number of benzene rings is 1. The molecule has 0 unspecified atom stereocenters. The lowest BCUT2D eigenvalue weighted by Gasteiger charge is -2.14. The maximum Gasteiger partial charge on any atom is 0.287 e. The Labute approximate surface area is 160 Å². The summed E-state index contributed by atoms with van der Waals surface area (Å²) in [5.74, 6) is -0.143. The number of likely N-dealkylation sites (tertiary alicyclic amines) is 1. The molecule has 1 amide bonds. The highest BCUT2D eigenvalue weighted by Gasteiger charge is 2.18. The highest BCUT2D eigenvalue weighted by Crippen LogP contribution is 2.16. The fourth-order valence-electron chi connectivity index (χ4n) is 3.32. The van der Waals surface area contributed by atoms with Crippen molar-refractivity contribution in [3.8, 4) is 0 Å². The zero-order valence-electron chi connectivity index (χ0n) is 15.6. The van der Waals surface area contributed by atoms with Crippen LogP contribution in [0.2, 0.25) is 0 Å². The number of hydrogen-bond donors (Lipinski definition) is 1. The van der Waals surface area contributed by atoms with Crippen molar-refractivity contribution in [3.05, 3.63) is 59.0 Å². The van der Waals surface area contributed by atoms with Crippen molar-refractivity contribution in [1.29, 1.82) is 0 Å². The summed E-state index contributed by atoms with van der Waals surface area (Å²) < 4.78 is 30.3. The molecule has 3 rings (SSSR count). The van der Waals surface area contributed by atoms with Crippen molar-refractivity contribution in [2.75, 3.05) is 26.2 Å². The molecule has 1 aromatic heterocycles. The van der Waals surface area contributed by atoms with Gasteiger partial charge in [0.2, 0.25) is 0 Å². The molecule has 2 aromatic rings. The van der Waals surface area contributed by atoms with Crippen molar-refractivity contribution >= 4 is 15.7 Å². The van der Waals surface area contributed by atoms with E-state index in [1.807, 2.05) is 25.1 Å². The van der Waals surface area contributed by atoms with Gasteiger partial charge in [-0.05, 0) is 50.6 Å². The second-order valence-corrected chi connectivity index (χ2v) is 9.16. The van der Waals surface area contributed by atoms with E-state index in [0.29, 0.717) is 6.54 Å². The summed E-state index contributed by atoms with van der Waals surface area (Å²) in [5, 5.41) is 2.82. The summed E-state index contributed by atoms with van der Waals surface area (Å²) in [7, 11) is -3.38. The summed E-state index contributed by atoms with van der Waals surface area (Å²) in [6.45, 7) is 5.47. The Morgan fingerprint density at radius 3 is 2.67 bits per heavy atom. The van der Waals surface area contributed by atoms with Crippen molar-refractivity contribution in [3.63, 3.8) is 0 Å². The lowest BCUT2D eigenvalue weighted by Crippen LogP contribution is -2.33. The van der Waals surface area contributed by atoms with Crippen LogP contribution in [0.1, 0.15) is 40.3 Å². The second-order valence-electron chi connectivity index (χ2n) is 7.09. The van der Waals surface area contributed by atoms with E-state index in [9.17, 15) is 13.2 Å². The molecular formula is C20H26N2O4S. The third-order valence-corrected chi connectivity index (χ3v) is 6.13. The molecule has 0 radical (unpaired) electrons. The van der Waals surface area contributed by atoms with Crippen molar-refractivity contribution in [2.45, 2.75) is 31.3 Å². The van der Waals surface area contributed by atoms with Gasteiger partial charge in [0.05, 0.1) is 5.75 Å². The van der Waals surface area contributed by atoms with Crippen molar-refractivity contribution < 1.29 is 17.6 Å². The van der Waals surface area contributed by atoms with E-state index in [2.05, 4.69) is 10.2 Å². The van der Waals surface area contributed by atoms with Gasteiger partial charge in [-0.1, -0.05) is 29.8 Å². The Balaban J connectivity index is 1.52. The average Bonchev–Trinajstić information content (AvgIpc) is 3.26. The first-order valence-electron chi connectivity index (χ1n) is 9.26. The first-order valence-corrected chi connectivity index (χ1v) is 11.1. The van der Waals surface area contributed by atoms with Crippen LogP contribution in [0.4, 0.5) is 0 Å². The number of amides is 1. The molecule has 1 fully saturated rings. The number of aryl methyl sites for hydroxylation is 1. The van der Waals surface area contributed by atoms with Crippen LogP contribution in [0.3, 0.4) is 0 Å². The van der Waals surface area contributed by atoms with Gasteiger partial charge in [-0.15, -0.1) is 0 Å². The number of carbonyl (C=O) groups is 1. The summed E-state index contributed by atoms with van der Waals surface area (Å²) in [4.78, 5) is 14.5. The second kappa shape index (κ2) is 8.71. The molecule has 0 spiro atoms. The quantitative estimate of drug-likeness (QED) is 0.749. The van der Waals surface area contributed by atoms with Crippen LogP contribution in [0, 0.1) is 6.92 Å². The van der Waals surface area contributed by atoms with Gasteiger partial charge in [0, 0.05) is 13.1 Å². The minimum atomic E-state index is -3.38. The first kappa shape index (κ1) is 19.6. The fraction of sp³-hybridized carbons (Fsp3) is 0.450. The Bertz CT molecular complexity index is 883. The number of nitrogens with one attached hydrogen (secondary N) is 1. The van der Waals surface area contributed by atoms with E-state index < -0.39 is 9.84 Å². The predicted molar refractivity (Wildman–Crippen MR) is 104 cm³/mol. The van der Waals surface area contributed by atoms with Crippen LogP contribution in [0.25, 0.3) is 0 Å². The molecule has 1 saturated heterocycles. The molecule has 0 aliphatic carbocycles. The monoisotopic (exact) mass is 390 g/mol. The van der Waals surface area contributed by atoms with Crippen molar-refractivity contribution in [1.82, 2.24) is 10.2 Å². The highest BCUT2D eigenvalue weighted by atomic mass is 32.2.